The van der Waals surface area contributed by atoms with Gasteiger partial charge in [0, 0.05) is 11.8 Å². The van der Waals surface area contributed by atoms with Crippen LogP contribution in [0.4, 0.5) is 0 Å². The summed E-state index contributed by atoms with van der Waals surface area (Å²) < 4.78 is 3.55. The summed E-state index contributed by atoms with van der Waals surface area (Å²) >= 11 is 13.3. The monoisotopic (exact) mass is 260 g/mol. The van der Waals surface area contributed by atoms with E-state index in [9.17, 15) is 0 Å². The highest BCUT2D eigenvalue weighted by atomic mass is 35.5. The average molecular weight is 261 g/mol. The van der Waals surface area contributed by atoms with Crippen LogP contribution in [0.1, 0.15) is 17.1 Å². The number of aromatic nitrogens is 2. The minimum atomic E-state index is 0.726. The predicted octanol–water partition coefficient (Wildman–Crippen LogP) is 3.92. The minimum Gasteiger partial charge on any atom is -0.330 e. The number of imidazole rings is 1. The van der Waals surface area contributed by atoms with E-state index in [0.29, 0.717) is 0 Å². The molecule has 0 bridgehead atoms. The molecule has 0 N–H and O–H groups in total. The lowest BCUT2D eigenvalue weighted by atomic mass is 10.3. The van der Waals surface area contributed by atoms with E-state index in [0.717, 1.165) is 32.3 Å². The molecule has 0 saturated heterocycles. The molecule has 2 nitrogen and oxygen atoms in total. The maximum absolute atomic E-state index is 6.05. The van der Waals surface area contributed by atoms with Gasteiger partial charge >= 0.3 is 0 Å². The van der Waals surface area contributed by atoms with Crippen LogP contribution < -0.4 is 0 Å². The first-order valence-electron chi connectivity index (χ1n) is 4.50. The molecule has 0 unspecified atom stereocenters. The maximum atomic E-state index is 6.05. The van der Waals surface area contributed by atoms with Crippen LogP contribution in [0.15, 0.2) is 12.3 Å². The summed E-state index contributed by atoms with van der Waals surface area (Å²) in [5.74, 6) is 0.992. The van der Waals surface area contributed by atoms with Crippen LogP contribution in [0.5, 0.6) is 0 Å². The van der Waals surface area contributed by atoms with Crippen molar-refractivity contribution in [3.8, 4) is 0 Å². The SMILES string of the molecule is Cc1cn(Cc2cc(Cl)sc2Cl)c(C)n1. The number of hydrogen-bond donors (Lipinski definition) is 0. The first-order valence-corrected chi connectivity index (χ1v) is 6.07. The quantitative estimate of drug-likeness (QED) is 0.801. The van der Waals surface area contributed by atoms with E-state index in [1.165, 1.54) is 11.3 Å². The molecular formula is C10H10Cl2N2S. The van der Waals surface area contributed by atoms with Crippen molar-refractivity contribution in [3.05, 3.63) is 38.0 Å². The molecule has 2 aromatic heterocycles. The van der Waals surface area contributed by atoms with Crippen LogP contribution in [0.3, 0.4) is 0 Å². The van der Waals surface area contributed by atoms with Gasteiger partial charge in [-0.1, -0.05) is 23.2 Å². The third-order valence-corrected chi connectivity index (χ3v) is 3.73. The fraction of sp³-hybridized carbons (Fsp3) is 0.300. The minimum absolute atomic E-state index is 0.726. The molecule has 5 heteroatoms. The Kier molecular flexibility index (Phi) is 3.05. The summed E-state index contributed by atoms with van der Waals surface area (Å²) in [6.45, 7) is 4.69. The van der Waals surface area contributed by atoms with Crippen LogP contribution in [0.2, 0.25) is 8.67 Å². The number of hydrogen-bond acceptors (Lipinski definition) is 2. The second kappa shape index (κ2) is 4.16. The summed E-state index contributed by atoms with van der Waals surface area (Å²) in [5, 5.41) is 0. The second-order valence-electron chi connectivity index (χ2n) is 3.41. The molecule has 0 aromatic carbocycles. The topological polar surface area (TPSA) is 17.8 Å². The molecular weight excluding hydrogens is 251 g/mol. The lowest BCUT2D eigenvalue weighted by Crippen LogP contribution is -1.99. The molecule has 2 aromatic rings. The fourth-order valence-electron chi connectivity index (χ4n) is 1.49. The van der Waals surface area contributed by atoms with Gasteiger partial charge in [-0.25, -0.2) is 4.98 Å². The van der Waals surface area contributed by atoms with Gasteiger partial charge in [-0.05, 0) is 19.9 Å². The zero-order valence-corrected chi connectivity index (χ0v) is 10.7. The Morgan fingerprint density at radius 3 is 2.60 bits per heavy atom. The summed E-state index contributed by atoms with van der Waals surface area (Å²) in [4.78, 5) is 4.33. The van der Waals surface area contributed by atoms with Crippen molar-refractivity contribution in [2.24, 2.45) is 0 Å². The summed E-state index contributed by atoms with van der Waals surface area (Å²) in [7, 11) is 0. The third-order valence-electron chi connectivity index (χ3n) is 2.16. The van der Waals surface area contributed by atoms with Crippen LogP contribution in [0, 0.1) is 13.8 Å². The van der Waals surface area contributed by atoms with Gasteiger partial charge in [0.2, 0.25) is 0 Å². The number of rotatable bonds is 2. The van der Waals surface area contributed by atoms with E-state index in [-0.39, 0.29) is 0 Å². The lowest BCUT2D eigenvalue weighted by molar-refractivity contribution is 0.764. The first-order chi connectivity index (χ1) is 7.06. The van der Waals surface area contributed by atoms with Gasteiger partial charge < -0.3 is 4.57 Å². The van der Waals surface area contributed by atoms with Gasteiger partial charge in [-0.15, -0.1) is 11.3 Å². The van der Waals surface area contributed by atoms with Crippen molar-refractivity contribution >= 4 is 34.5 Å². The Morgan fingerprint density at radius 1 is 1.40 bits per heavy atom. The molecule has 0 amide bonds. The molecule has 0 aliphatic rings. The standard InChI is InChI=1S/C10H10Cl2N2S/c1-6-4-14(7(2)13-6)5-8-3-9(11)15-10(8)12/h3-4H,5H2,1-2H3. The van der Waals surface area contributed by atoms with Crippen molar-refractivity contribution in [2.75, 3.05) is 0 Å². The first kappa shape index (κ1) is 11.0. The second-order valence-corrected chi connectivity index (χ2v) is 5.69. The summed E-state index contributed by atoms with van der Waals surface area (Å²) in [5.41, 5.74) is 2.07. The van der Waals surface area contributed by atoms with E-state index >= 15 is 0 Å². The zero-order chi connectivity index (χ0) is 11.0. The van der Waals surface area contributed by atoms with E-state index in [4.69, 9.17) is 23.2 Å². The van der Waals surface area contributed by atoms with Crippen molar-refractivity contribution in [1.82, 2.24) is 9.55 Å². The van der Waals surface area contributed by atoms with Gasteiger partial charge in [0.25, 0.3) is 0 Å². The number of halogens is 2. The fourth-order valence-corrected chi connectivity index (χ4v) is 2.97. The molecule has 0 atom stereocenters. The number of thiophene rings is 1. The molecule has 0 aliphatic heterocycles. The molecule has 0 fully saturated rings. The molecule has 80 valence electrons. The molecule has 0 radical (unpaired) electrons. The number of aryl methyl sites for hydroxylation is 2. The summed E-state index contributed by atoms with van der Waals surface area (Å²) in [6.07, 6.45) is 2.01. The van der Waals surface area contributed by atoms with E-state index in [2.05, 4.69) is 9.55 Å². The van der Waals surface area contributed by atoms with Gasteiger partial charge in [-0.3, -0.25) is 0 Å². The smallest absolute Gasteiger partial charge is 0.106 e. The summed E-state index contributed by atoms with van der Waals surface area (Å²) in [6, 6.07) is 1.91. The lowest BCUT2D eigenvalue weighted by Gasteiger charge is -2.02. The van der Waals surface area contributed by atoms with Gasteiger partial charge in [-0.2, -0.15) is 0 Å². The van der Waals surface area contributed by atoms with Crippen LogP contribution in [-0.4, -0.2) is 9.55 Å². The third kappa shape index (κ3) is 2.36. The van der Waals surface area contributed by atoms with E-state index < -0.39 is 0 Å². The maximum Gasteiger partial charge on any atom is 0.106 e. The largest absolute Gasteiger partial charge is 0.330 e. The molecule has 0 aliphatic carbocycles. The highest BCUT2D eigenvalue weighted by Gasteiger charge is 2.08. The molecule has 2 rings (SSSR count). The van der Waals surface area contributed by atoms with Crippen molar-refractivity contribution in [1.29, 1.82) is 0 Å². The average Bonchev–Trinajstić information content (AvgIpc) is 2.58. The van der Waals surface area contributed by atoms with Crippen molar-refractivity contribution < 1.29 is 0 Å². The van der Waals surface area contributed by atoms with Gasteiger partial charge in [0.1, 0.15) is 5.82 Å². The molecule has 2 heterocycles. The number of nitrogens with zero attached hydrogens (tertiary/aromatic N) is 2. The molecule has 15 heavy (non-hydrogen) atoms. The Balaban J connectivity index is 2.29. The Labute approximate surface area is 102 Å². The van der Waals surface area contributed by atoms with Gasteiger partial charge in [0.05, 0.1) is 20.9 Å². The zero-order valence-electron chi connectivity index (χ0n) is 8.42. The molecule has 0 spiro atoms. The van der Waals surface area contributed by atoms with Gasteiger partial charge in [0.15, 0.2) is 0 Å². The predicted molar refractivity (Wildman–Crippen MR) is 65.1 cm³/mol. The normalized spacial score (nSPS) is 10.9. The van der Waals surface area contributed by atoms with Crippen LogP contribution in [-0.2, 0) is 6.54 Å². The van der Waals surface area contributed by atoms with Crippen molar-refractivity contribution in [2.45, 2.75) is 20.4 Å². The Hall–Kier alpha value is -0.510. The van der Waals surface area contributed by atoms with E-state index in [1.807, 2.05) is 26.1 Å². The van der Waals surface area contributed by atoms with Crippen molar-refractivity contribution in [3.63, 3.8) is 0 Å². The van der Waals surface area contributed by atoms with E-state index in [1.54, 1.807) is 0 Å². The molecule has 0 saturated carbocycles. The Bertz CT molecular complexity index is 443. The van der Waals surface area contributed by atoms with Crippen LogP contribution >= 0.6 is 34.5 Å². The Morgan fingerprint density at radius 2 is 2.13 bits per heavy atom. The van der Waals surface area contributed by atoms with Crippen LogP contribution in [0.25, 0.3) is 0 Å². The highest BCUT2D eigenvalue weighted by molar-refractivity contribution is 7.20. The highest BCUT2D eigenvalue weighted by Crippen LogP contribution is 2.31.